The van der Waals surface area contributed by atoms with Gasteiger partial charge in [0, 0.05) is 0 Å². The summed E-state index contributed by atoms with van der Waals surface area (Å²) >= 11 is 6.23. The van der Waals surface area contributed by atoms with E-state index in [2.05, 4.69) is 36.6 Å². The number of carbonyl (C=O) groups excluding carboxylic acids is 2. The van der Waals surface area contributed by atoms with Gasteiger partial charge in [-0.25, -0.2) is 0 Å². The van der Waals surface area contributed by atoms with Gasteiger partial charge < -0.3 is 4.74 Å². The minimum absolute atomic E-state index is 0.0552. The summed E-state index contributed by atoms with van der Waals surface area (Å²) in [5.41, 5.74) is 0. The van der Waals surface area contributed by atoms with E-state index in [-0.39, 0.29) is 17.0 Å². The largest absolute Gasteiger partial charge is 0.469 e. The maximum Gasteiger partial charge on any atom is 0.307 e. The van der Waals surface area contributed by atoms with Crippen LogP contribution in [-0.4, -0.2) is 28.5 Å². The van der Waals surface area contributed by atoms with E-state index in [0.717, 1.165) is 0 Å². The Labute approximate surface area is 88.1 Å². The van der Waals surface area contributed by atoms with Gasteiger partial charge in [0.25, 0.3) is 0 Å². The van der Waals surface area contributed by atoms with Crippen LogP contribution in [-0.2, 0) is 14.3 Å². The van der Waals surface area contributed by atoms with Crippen molar-refractivity contribution in [1.29, 1.82) is 0 Å². The minimum Gasteiger partial charge on any atom is -0.469 e. The molecule has 0 aromatic carbocycles. The van der Waals surface area contributed by atoms with E-state index in [9.17, 15) is 9.59 Å². The van der Waals surface area contributed by atoms with E-state index < -0.39 is 10.8 Å². The maximum absolute atomic E-state index is 11.2. The average molecular weight is 302 g/mol. The normalized spacial score (nSPS) is 15.0. The lowest BCUT2D eigenvalue weighted by Gasteiger charge is -2.08. The summed E-state index contributed by atoms with van der Waals surface area (Å²) in [5, 5.41) is 0. The Morgan fingerprint density at radius 2 is 1.92 bits per heavy atom. The van der Waals surface area contributed by atoms with Crippen LogP contribution >= 0.6 is 31.9 Å². The highest BCUT2D eigenvalue weighted by Gasteiger charge is 2.22. The van der Waals surface area contributed by atoms with Gasteiger partial charge in [-0.15, -0.1) is 0 Å². The monoisotopic (exact) mass is 300 g/mol. The quantitative estimate of drug-likeness (QED) is 0.586. The Balaban J connectivity index is 3.95. The second kappa shape index (κ2) is 5.70. The Morgan fingerprint density at radius 3 is 2.25 bits per heavy atom. The molecule has 0 radical (unpaired) electrons. The minimum atomic E-state index is -0.459. The number of carbonyl (C=O) groups is 2. The van der Waals surface area contributed by atoms with Gasteiger partial charge in [-0.3, -0.25) is 9.59 Å². The SMILES string of the molecule is COC(=O)CC(Br)C(=O)C(C)Br. The number of halogens is 2. The molecule has 2 unspecified atom stereocenters. The van der Waals surface area contributed by atoms with Crippen molar-refractivity contribution in [2.45, 2.75) is 23.0 Å². The average Bonchev–Trinajstić information content (AvgIpc) is 2.02. The highest BCUT2D eigenvalue weighted by molar-refractivity contribution is 9.10. The molecule has 12 heavy (non-hydrogen) atoms. The molecule has 0 saturated carbocycles. The molecule has 0 rings (SSSR count). The topological polar surface area (TPSA) is 43.4 Å². The summed E-state index contributed by atoms with van der Waals surface area (Å²) in [6, 6.07) is 0. The Bertz CT molecular complexity index is 179. The van der Waals surface area contributed by atoms with Crippen LogP contribution in [0.25, 0.3) is 0 Å². The number of alkyl halides is 2. The Kier molecular flexibility index (Phi) is 5.74. The van der Waals surface area contributed by atoms with Crippen LogP contribution in [0.3, 0.4) is 0 Å². The first-order valence-corrected chi connectivity index (χ1v) is 5.20. The van der Waals surface area contributed by atoms with E-state index in [1.54, 1.807) is 6.92 Å². The summed E-state index contributed by atoms with van der Waals surface area (Å²) in [6.07, 6.45) is 0.0747. The Morgan fingerprint density at radius 1 is 1.42 bits per heavy atom. The first kappa shape index (κ1) is 12.1. The molecule has 0 aliphatic heterocycles. The molecule has 0 aromatic heterocycles. The van der Waals surface area contributed by atoms with Crippen molar-refractivity contribution < 1.29 is 14.3 Å². The molecule has 0 heterocycles. The second-order valence-electron chi connectivity index (χ2n) is 2.27. The number of hydrogen-bond donors (Lipinski definition) is 0. The van der Waals surface area contributed by atoms with E-state index in [1.165, 1.54) is 7.11 Å². The van der Waals surface area contributed by atoms with Crippen molar-refractivity contribution in [3.8, 4) is 0 Å². The molecular weight excluding hydrogens is 292 g/mol. The van der Waals surface area contributed by atoms with Crippen molar-refractivity contribution in [3.05, 3.63) is 0 Å². The summed E-state index contributed by atoms with van der Waals surface area (Å²) in [6.45, 7) is 1.72. The van der Waals surface area contributed by atoms with E-state index in [1.807, 2.05) is 0 Å². The number of ether oxygens (including phenoxy) is 1. The van der Waals surface area contributed by atoms with Gasteiger partial charge in [-0.05, 0) is 6.92 Å². The second-order valence-corrected chi connectivity index (χ2v) is 4.74. The van der Waals surface area contributed by atoms with Crippen LogP contribution in [0.4, 0.5) is 0 Å². The van der Waals surface area contributed by atoms with Gasteiger partial charge in [0.1, 0.15) is 0 Å². The van der Waals surface area contributed by atoms with Gasteiger partial charge in [-0.1, -0.05) is 31.9 Å². The number of rotatable bonds is 4. The maximum atomic E-state index is 11.2. The van der Waals surface area contributed by atoms with Crippen LogP contribution in [0.1, 0.15) is 13.3 Å². The summed E-state index contributed by atoms with van der Waals surface area (Å²) < 4.78 is 4.41. The van der Waals surface area contributed by atoms with Crippen molar-refractivity contribution in [2.75, 3.05) is 7.11 Å². The Hall–Kier alpha value is 0.1000. The molecule has 3 nitrogen and oxygen atoms in total. The van der Waals surface area contributed by atoms with Crippen LogP contribution in [0, 0.1) is 0 Å². The van der Waals surface area contributed by atoms with Crippen molar-refractivity contribution in [3.63, 3.8) is 0 Å². The molecule has 0 aliphatic rings. The van der Waals surface area contributed by atoms with Crippen LogP contribution in [0.2, 0.25) is 0 Å². The van der Waals surface area contributed by atoms with E-state index in [4.69, 9.17) is 0 Å². The number of ketones is 1. The fourth-order valence-corrected chi connectivity index (χ4v) is 1.91. The number of Topliss-reactive ketones (excluding diaryl/α,β-unsaturated/α-hetero) is 1. The molecular formula is C7H10Br2O3. The molecule has 0 amide bonds. The molecule has 5 heteroatoms. The summed E-state index contributed by atoms with van der Waals surface area (Å²) in [7, 11) is 1.30. The molecule has 70 valence electrons. The number of esters is 1. The smallest absolute Gasteiger partial charge is 0.307 e. The zero-order chi connectivity index (χ0) is 9.72. The molecule has 0 spiro atoms. The van der Waals surface area contributed by atoms with Crippen molar-refractivity contribution in [2.24, 2.45) is 0 Å². The standard InChI is InChI=1S/C7H10Br2O3/c1-4(8)7(11)5(9)3-6(10)12-2/h4-5H,3H2,1-2H3. The highest BCUT2D eigenvalue weighted by atomic mass is 79.9. The predicted molar refractivity (Wildman–Crippen MR) is 52.7 cm³/mol. The third-order valence-corrected chi connectivity index (χ3v) is 2.50. The lowest BCUT2D eigenvalue weighted by molar-refractivity contribution is -0.141. The summed E-state index contributed by atoms with van der Waals surface area (Å²) in [4.78, 5) is 21.2. The van der Waals surface area contributed by atoms with Crippen LogP contribution < -0.4 is 0 Å². The van der Waals surface area contributed by atoms with Crippen molar-refractivity contribution in [1.82, 2.24) is 0 Å². The fraction of sp³-hybridized carbons (Fsp3) is 0.714. The van der Waals surface area contributed by atoms with Gasteiger partial charge in [-0.2, -0.15) is 0 Å². The lowest BCUT2D eigenvalue weighted by atomic mass is 10.2. The third-order valence-electron chi connectivity index (χ3n) is 1.27. The highest BCUT2D eigenvalue weighted by Crippen LogP contribution is 2.13. The number of hydrogen-bond acceptors (Lipinski definition) is 3. The van der Waals surface area contributed by atoms with Gasteiger partial charge >= 0.3 is 5.97 Å². The van der Waals surface area contributed by atoms with Gasteiger partial charge in [0.05, 0.1) is 23.2 Å². The van der Waals surface area contributed by atoms with Crippen LogP contribution in [0.15, 0.2) is 0 Å². The van der Waals surface area contributed by atoms with Gasteiger partial charge in [0.2, 0.25) is 0 Å². The lowest BCUT2D eigenvalue weighted by Crippen LogP contribution is -2.24. The predicted octanol–water partition coefficient (Wildman–Crippen LogP) is 1.67. The van der Waals surface area contributed by atoms with Crippen molar-refractivity contribution >= 4 is 43.6 Å². The fourth-order valence-electron chi connectivity index (χ4n) is 0.579. The molecule has 0 aromatic rings. The molecule has 2 atom stereocenters. The molecule has 0 N–H and O–H groups in total. The molecule has 0 aliphatic carbocycles. The zero-order valence-corrected chi connectivity index (χ0v) is 10.0. The molecule has 0 bridgehead atoms. The molecule has 0 fully saturated rings. The zero-order valence-electron chi connectivity index (χ0n) is 6.84. The summed E-state index contributed by atoms with van der Waals surface area (Å²) in [5.74, 6) is -0.446. The molecule has 0 saturated heterocycles. The van der Waals surface area contributed by atoms with E-state index >= 15 is 0 Å². The van der Waals surface area contributed by atoms with Crippen LogP contribution in [0.5, 0.6) is 0 Å². The van der Waals surface area contributed by atoms with Gasteiger partial charge in [0.15, 0.2) is 5.78 Å². The first-order chi connectivity index (χ1) is 5.49. The third kappa shape index (κ3) is 4.21. The first-order valence-electron chi connectivity index (χ1n) is 3.37. The van der Waals surface area contributed by atoms with E-state index in [0.29, 0.717) is 0 Å². The number of methoxy groups -OCH3 is 1.